The largest absolute Gasteiger partial charge is 0.496 e. The lowest BCUT2D eigenvalue weighted by molar-refractivity contribution is 0.0946. The molecule has 2 amide bonds. The van der Waals surface area contributed by atoms with Crippen LogP contribution in [0.15, 0.2) is 48.5 Å². The number of hydrogen-bond acceptors (Lipinski definition) is 6. The van der Waals surface area contributed by atoms with Crippen LogP contribution in [0.4, 0.5) is 5.82 Å². The Bertz CT molecular complexity index is 1150. The molecule has 1 heterocycles. The molecule has 0 bridgehead atoms. The standard InChI is InChI=1S/C22H22N6O3/c1-31-17-6-3-2-5-16(17)22(30)26-13-14-7-9-15(10-8-14)19-18(21(25)29)20(24)28(27-19)12-4-11-23/h2-3,5-10H,4,12-13,24H2,1H3,(H2,25,29)(H,26,30). The van der Waals surface area contributed by atoms with E-state index in [2.05, 4.69) is 10.4 Å². The van der Waals surface area contributed by atoms with E-state index in [9.17, 15) is 9.59 Å². The van der Waals surface area contributed by atoms with Crippen molar-refractivity contribution in [2.24, 2.45) is 5.73 Å². The minimum Gasteiger partial charge on any atom is -0.496 e. The van der Waals surface area contributed by atoms with Gasteiger partial charge in [-0.2, -0.15) is 10.4 Å². The summed E-state index contributed by atoms with van der Waals surface area (Å²) >= 11 is 0. The van der Waals surface area contributed by atoms with Crippen LogP contribution in [0, 0.1) is 11.3 Å². The van der Waals surface area contributed by atoms with Crippen molar-refractivity contribution in [3.05, 3.63) is 65.2 Å². The first kappa shape index (κ1) is 21.4. The molecular weight excluding hydrogens is 396 g/mol. The van der Waals surface area contributed by atoms with E-state index in [4.69, 9.17) is 21.5 Å². The number of rotatable bonds is 8. The van der Waals surface area contributed by atoms with Gasteiger partial charge in [0.15, 0.2) is 0 Å². The zero-order chi connectivity index (χ0) is 22.4. The van der Waals surface area contributed by atoms with Crippen LogP contribution in [0.3, 0.4) is 0 Å². The van der Waals surface area contributed by atoms with Gasteiger partial charge in [0.1, 0.15) is 22.8 Å². The van der Waals surface area contributed by atoms with E-state index in [0.717, 1.165) is 5.56 Å². The molecule has 0 saturated carbocycles. The zero-order valence-corrected chi connectivity index (χ0v) is 17.0. The highest BCUT2D eigenvalue weighted by Crippen LogP contribution is 2.27. The number of benzene rings is 2. The molecule has 1 aromatic heterocycles. The third kappa shape index (κ3) is 4.64. The topological polar surface area (TPSA) is 149 Å². The summed E-state index contributed by atoms with van der Waals surface area (Å²) in [6.45, 7) is 0.564. The van der Waals surface area contributed by atoms with E-state index >= 15 is 0 Å². The Balaban J connectivity index is 1.77. The molecule has 9 heteroatoms. The molecule has 0 saturated heterocycles. The summed E-state index contributed by atoms with van der Waals surface area (Å²) in [6, 6.07) is 16.2. The molecule has 0 unspecified atom stereocenters. The average molecular weight is 418 g/mol. The molecule has 0 aliphatic carbocycles. The van der Waals surface area contributed by atoms with Gasteiger partial charge in [0, 0.05) is 12.1 Å². The van der Waals surface area contributed by atoms with Crippen LogP contribution in [-0.2, 0) is 13.1 Å². The highest BCUT2D eigenvalue weighted by molar-refractivity contribution is 6.03. The van der Waals surface area contributed by atoms with Crippen molar-refractivity contribution in [3.8, 4) is 23.1 Å². The van der Waals surface area contributed by atoms with Crippen molar-refractivity contribution in [1.82, 2.24) is 15.1 Å². The summed E-state index contributed by atoms with van der Waals surface area (Å²) in [5, 5.41) is 16.0. The molecule has 158 valence electrons. The molecule has 9 nitrogen and oxygen atoms in total. The van der Waals surface area contributed by atoms with Gasteiger partial charge in [-0.05, 0) is 17.7 Å². The quantitative estimate of drug-likeness (QED) is 0.510. The molecule has 2 aromatic carbocycles. The number of aromatic nitrogens is 2. The van der Waals surface area contributed by atoms with Crippen LogP contribution in [0.5, 0.6) is 5.75 Å². The van der Waals surface area contributed by atoms with Crippen molar-refractivity contribution in [3.63, 3.8) is 0 Å². The van der Waals surface area contributed by atoms with Gasteiger partial charge in [-0.3, -0.25) is 9.59 Å². The van der Waals surface area contributed by atoms with Crippen molar-refractivity contribution in [1.29, 1.82) is 5.26 Å². The fourth-order valence-electron chi connectivity index (χ4n) is 3.14. The van der Waals surface area contributed by atoms with E-state index in [1.165, 1.54) is 11.8 Å². The first-order valence-corrected chi connectivity index (χ1v) is 9.49. The summed E-state index contributed by atoms with van der Waals surface area (Å²) < 4.78 is 6.62. The van der Waals surface area contributed by atoms with Crippen LogP contribution < -0.4 is 21.5 Å². The number of aryl methyl sites for hydroxylation is 1. The maximum atomic E-state index is 12.4. The second kappa shape index (κ2) is 9.45. The van der Waals surface area contributed by atoms with Crippen LogP contribution >= 0.6 is 0 Å². The SMILES string of the molecule is COc1ccccc1C(=O)NCc1ccc(-c2nn(CCC#N)c(N)c2C(N)=O)cc1. The maximum Gasteiger partial charge on any atom is 0.255 e. The second-order valence-corrected chi connectivity index (χ2v) is 6.68. The number of nitrogens with two attached hydrogens (primary N) is 2. The Labute approximate surface area is 179 Å². The van der Waals surface area contributed by atoms with Crippen LogP contribution in [0.1, 0.15) is 32.7 Å². The minimum absolute atomic E-state index is 0.121. The number of carbonyl (C=O) groups is 2. The number of hydrogen-bond donors (Lipinski definition) is 3. The number of amides is 2. The number of nitrogen functional groups attached to an aromatic ring is 1. The molecule has 5 N–H and O–H groups in total. The van der Waals surface area contributed by atoms with E-state index in [1.54, 1.807) is 36.4 Å². The van der Waals surface area contributed by atoms with Gasteiger partial charge < -0.3 is 21.5 Å². The number of methoxy groups -OCH3 is 1. The summed E-state index contributed by atoms with van der Waals surface area (Å²) in [5.41, 5.74) is 13.9. The lowest BCUT2D eigenvalue weighted by atomic mass is 10.0. The normalized spacial score (nSPS) is 10.3. The number of para-hydroxylation sites is 1. The molecule has 0 spiro atoms. The maximum absolute atomic E-state index is 12.4. The molecule has 31 heavy (non-hydrogen) atoms. The molecule has 0 atom stereocenters. The Morgan fingerprint density at radius 3 is 2.55 bits per heavy atom. The number of nitrogens with zero attached hydrogens (tertiary/aromatic N) is 3. The number of nitrogens with one attached hydrogen (secondary N) is 1. The lowest BCUT2D eigenvalue weighted by Crippen LogP contribution is -2.23. The van der Waals surface area contributed by atoms with E-state index in [1.807, 2.05) is 18.2 Å². The van der Waals surface area contributed by atoms with E-state index in [0.29, 0.717) is 29.1 Å². The molecule has 0 fully saturated rings. The highest BCUT2D eigenvalue weighted by atomic mass is 16.5. The van der Waals surface area contributed by atoms with Crippen molar-refractivity contribution < 1.29 is 14.3 Å². The average Bonchev–Trinajstić information content (AvgIpc) is 3.12. The van der Waals surface area contributed by atoms with Gasteiger partial charge in [0.2, 0.25) is 0 Å². The number of primary amides is 1. The van der Waals surface area contributed by atoms with E-state index < -0.39 is 5.91 Å². The summed E-state index contributed by atoms with van der Waals surface area (Å²) in [7, 11) is 1.51. The molecule has 0 aliphatic heterocycles. The third-order valence-electron chi connectivity index (χ3n) is 4.71. The first-order valence-electron chi connectivity index (χ1n) is 9.49. The van der Waals surface area contributed by atoms with Gasteiger partial charge >= 0.3 is 0 Å². The van der Waals surface area contributed by atoms with Gasteiger partial charge in [-0.25, -0.2) is 4.68 Å². The van der Waals surface area contributed by atoms with Gasteiger partial charge in [-0.1, -0.05) is 36.4 Å². The predicted octanol–water partition coefficient (Wildman–Crippen LogP) is 2.08. The first-order chi connectivity index (χ1) is 15.0. The molecule has 0 aliphatic rings. The molecule has 0 radical (unpaired) electrons. The summed E-state index contributed by atoms with van der Waals surface area (Å²) in [4.78, 5) is 24.3. The van der Waals surface area contributed by atoms with Crippen LogP contribution in [0.2, 0.25) is 0 Å². The smallest absolute Gasteiger partial charge is 0.255 e. The van der Waals surface area contributed by atoms with Crippen molar-refractivity contribution in [2.45, 2.75) is 19.5 Å². The molecular formula is C22H22N6O3. The van der Waals surface area contributed by atoms with Gasteiger partial charge in [-0.15, -0.1) is 0 Å². The fraction of sp³-hybridized carbons (Fsp3) is 0.182. The number of anilines is 1. The minimum atomic E-state index is -0.691. The summed E-state index contributed by atoms with van der Waals surface area (Å²) in [5.74, 6) is -0.310. The monoisotopic (exact) mass is 418 g/mol. The predicted molar refractivity (Wildman–Crippen MR) is 115 cm³/mol. The van der Waals surface area contributed by atoms with Crippen LogP contribution in [-0.4, -0.2) is 28.7 Å². The highest BCUT2D eigenvalue weighted by Gasteiger charge is 2.21. The van der Waals surface area contributed by atoms with Crippen molar-refractivity contribution in [2.75, 3.05) is 12.8 Å². The molecule has 3 rings (SSSR count). The Hall–Kier alpha value is -4.32. The number of nitriles is 1. The zero-order valence-electron chi connectivity index (χ0n) is 17.0. The number of carbonyl (C=O) groups excluding carboxylic acids is 2. The number of ether oxygens (including phenoxy) is 1. The third-order valence-corrected chi connectivity index (χ3v) is 4.71. The Morgan fingerprint density at radius 1 is 1.19 bits per heavy atom. The lowest BCUT2D eigenvalue weighted by Gasteiger charge is -2.09. The van der Waals surface area contributed by atoms with Crippen molar-refractivity contribution >= 4 is 17.6 Å². The van der Waals surface area contributed by atoms with Crippen LogP contribution in [0.25, 0.3) is 11.3 Å². The molecule has 3 aromatic rings. The fourth-order valence-corrected chi connectivity index (χ4v) is 3.14. The van der Waals surface area contributed by atoms with Gasteiger partial charge in [0.25, 0.3) is 11.8 Å². The Morgan fingerprint density at radius 2 is 1.90 bits per heavy atom. The second-order valence-electron chi connectivity index (χ2n) is 6.68. The van der Waals surface area contributed by atoms with Gasteiger partial charge in [0.05, 0.1) is 31.7 Å². The van der Waals surface area contributed by atoms with E-state index in [-0.39, 0.29) is 30.3 Å². The Kier molecular flexibility index (Phi) is 6.52. The summed E-state index contributed by atoms with van der Waals surface area (Å²) in [6.07, 6.45) is 0.203.